The van der Waals surface area contributed by atoms with Crippen molar-refractivity contribution in [2.45, 2.75) is 46.1 Å². The minimum atomic E-state index is 0.0717. The van der Waals surface area contributed by atoms with Crippen molar-refractivity contribution in [3.63, 3.8) is 0 Å². The van der Waals surface area contributed by atoms with Gasteiger partial charge in [-0.1, -0.05) is 17.8 Å². The van der Waals surface area contributed by atoms with Gasteiger partial charge in [0.25, 0.3) is 5.91 Å². The van der Waals surface area contributed by atoms with Gasteiger partial charge < -0.3 is 4.90 Å². The lowest BCUT2D eigenvalue weighted by molar-refractivity contribution is 0.0790. The van der Waals surface area contributed by atoms with Crippen LogP contribution >= 0.6 is 11.5 Å². The van der Waals surface area contributed by atoms with Crippen molar-refractivity contribution >= 4 is 17.4 Å². The van der Waals surface area contributed by atoms with Gasteiger partial charge in [-0.05, 0) is 44.3 Å². The van der Waals surface area contributed by atoms with Gasteiger partial charge >= 0.3 is 0 Å². The van der Waals surface area contributed by atoms with E-state index in [0.717, 1.165) is 42.9 Å². The first-order valence-corrected chi connectivity index (χ1v) is 8.50. The van der Waals surface area contributed by atoms with Crippen LogP contribution in [-0.4, -0.2) is 43.3 Å². The van der Waals surface area contributed by atoms with E-state index >= 15 is 0 Å². The highest BCUT2D eigenvalue weighted by Gasteiger charge is 2.31. The first-order valence-electron chi connectivity index (χ1n) is 7.73. The van der Waals surface area contributed by atoms with Crippen molar-refractivity contribution in [1.82, 2.24) is 24.3 Å². The fourth-order valence-corrected chi connectivity index (χ4v) is 3.73. The second-order valence-corrected chi connectivity index (χ2v) is 6.62. The Morgan fingerprint density at radius 3 is 2.95 bits per heavy atom. The third-order valence-electron chi connectivity index (χ3n) is 4.08. The maximum absolute atomic E-state index is 12.7. The number of rotatable bonds is 4. The molecule has 1 amide bonds. The van der Waals surface area contributed by atoms with E-state index in [-0.39, 0.29) is 11.9 Å². The van der Waals surface area contributed by atoms with Crippen LogP contribution in [-0.2, 0) is 6.42 Å². The Hall–Kier alpha value is -1.76. The summed E-state index contributed by atoms with van der Waals surface area (Å²) in [6.07, 6.45) is 2.73. The first kappa shape index (κ1) is 15.1. The van der Waals surface area contributed by atoms with E-state index in [2.05, 4.69) is 39.3 Å². The highest BCUT2D eigenvalue weighted by atomic mass is 32.1. The predicted molar refractivity (Wildman–Crippen MR) is 85.2 cm³/mol. The molecular formula is C15H21N5OS. The number of nitrogens with zero attached hydrogens (tertiary/aromatic N) is 5. The van der Waals surface area contributed by atoms with Crippen molar-refractivity contribution in [1.29, 1.82) is 0 Å². The average Bonchev–Trinajstić information content (AvgIpc) is 3.18. The summed E-state index contributed by atoms with van der Waals surface area (Å²) < 4.78 is 6.01. The Bertz CT molecular complexity index is 677. The molecule has 22 heavy (non-hydrogen) atoms. The minimum absolute atomic E-state index is 0.0717. The number of aromatic nitrogens is 4. The van der Waals surface area contributed by atoms with Crippen molar-refractivity contribution < 1.29 is 4.79 Å². The predicted octanol–water partition coefficient (Wildman–Crippen LogP) is 2.39. The number of amides is 1. The number of aryl methyl sites for hydroxylation is 3. The van der Waals surface area contributed by atoms with Crippen molar-refractivity contribution in [2.75, 3.05) is 13.1 Å². The third-order valence-corrected chi connectivity index (χ3v) is 4.83. The van der Waals surface area contributed by atoms with Gasteiger partial charge in [0.2, 0.25) is 0 Å². The van der Waals surface area contributed by atoms with E-state index in [4.69, 9.17) is 0 Å². The summed E-state index contributed by atoms with van der Waals surface area (Å²) >= 11 is 1.21. The van der Waals surface area contributed by atoms with Crippen LogP contribution in [0.1, 0.15) is 52.6 Å². The van der Waals surface area contributed by atoms with Gasteiger partial charge in [0, 0.05) is 18.8 Å². The molecule has 0 bridgehead atoms. The fourth-order valence-electron chi connectivity index (χ4n) is 3.06. The lowest BCUT2D eigenvalue weighted by atomic mass is 10.2. The number of carbonyl (C=O) groups is 1. The van der Waals surface area contributed by atoms with Gasteiger partial charge in [-0.15, -0.1) is 5.10 Å². The zero-order chi connectivity index (χ0) is 15.7. The van der Waals surface area contributed by atoms with E-state index in [1.807, 2.05) is 11.8 Å². The van der Waals surface area contributed by atoms with Crippen LogP contribution in [0.25, 0.3) is 0 Å². The zero-order valence-electron chi connectivity index (χ0n) is 13.2. The maximum Gasteiger partial charge on any atom is 0.267 e. The lowest BCUT2D eigenvalue weighted by Crippen LogP contribution is -2.29. The van der Waals surface area contributed by atoms with Crippen LogP contribution in [0.4, 0.5) is 0 Å². The molecule has 3 heterocycles. The summed E-state index contributed by atoms with van der Waals surface area (Å²) in [5.41, 5.74) is 3.02. The molecule has 0 unspecified atom stereocenters. The Morgan fingerprint density at radius 1 is 1.45 bits per heavy atom. The Balaban J connectivity index is 1.73. The Labute approximate surface area is 134 Å². The van der Waals surface area contributed by atoms with Crippen LogP contribution in [0.15, 0.2) is 6.07 Å². The van der Waals surface area contributed by atoms with Crippen LogP contribution in [0.2, 0.25) is 0 Å². The SMILES string of the molecule is CCCc1nnsc1C(=O)N1CC[C@H](n2nc(C)cc2C)C1. The van der Waals surface area contributed by atoms with Crippen LogP contribution < -0.4 is 0 Å². The summed E-state index contributed by atoms with van der Waals surface area (Å²) in [6, 6.07) is 2.35. The molecule has 0 aliphatic carbocycles. The van der Waals surface area contributed by atoms with E-state index < -0.39 is 0 Å². The normalized spacial score (nSPS) is 18.1. The summed E-state index contributed by atoms with van der Waals surface area (Å²) in [7, 11) is 0. The molecule has 1 atom stereocenters. The fraction of sp³-hybridized carbons (Fsp3) is 0.600. The van der Waals surface area contributed by atoms with Gasteiger partial charge in [-0.25, -0.2) is 0 Å². The second kappa shape index (κ2) is 6.16. The molecule has 2 aromatic heterocycles. The number of hydrogen-bond acceptors (Lipinski definition) is 5. The van der Waals surface area contributed by atoms with E-state index in [9.17, 15) is 4.79 Å². The molecule has 0 radical (unpaired) electrons. The molecular weight excluding hydrogens is 298 g/mol. The van der Waals surface area contributed by atoms with Crippen molar-refractivity contribution in [3.8, 4) is 0 Å². The average molecular weight is 319 g/mol. The third kappa shape index (κ3) is 2.77. The molecule has 2 aromatic rings. The zero-order valence-corrected chi connectivity index (χ0v) is 14.1. The monoisotopic (exact) mass is 319 g/mol. The van der Waals surface area contributed by atoms with Gasteiger partial charge in [0.1, 0.15) is 4.88 Å². The van der Waals surface area contributed by atoms with Crippen LogP contribution in [0.3, 0.4) is 0 Å². The van der Waals surface area contributed by atoms with Gasteiger partial charge in [0.05, 0.1) is 17.4 Å². The van der Waals surface area contributed by atoms with Crippen molar-refractivity contribution in [2.24, 2.45) is 0 Å². The standard InChI is InChI=1S/C15H21N5OS/c1-4-5-13-14(22-18-16-13)15(21)19-7-6-12(9-19)20-11(3)8-10(2)17-20/h8,12H,4-7,9H2,1-3H3/t12-/m0/s1. The van der Waals surface area contributed by atoms with Crippen molar-refractivity contribution in [3.05, 3.63) is 28.0 Å². The molecule has 0 spiro atoms. The number of likely N-dealkylation sites (tertiary alicyclic amines) is 1. The van der Waals surface area contributed by atoms with Crippen LogP contribution in [0, 0.1) is 13.8 Å². The largest absolute Gasteiger partial charge is 0.336 e. The van der Waals surface area contributed by atoms with Gasteiger partial charge in [0.15, 0.2) is 0 Å². The van der Waals surface area contributed by atoms with E-state index in [1.165, 1.54) is 11.5 Å². The molecule has 0 saturated carbocycles. The summed E-state index contributed by atoms with van der Waals surface area (Å²) in [4.78, 5) is 15.3. The topological polar surface area (TPSA) is 63.9 Å². The molecule has 0 N–H and O–H groups in total. The maximum atomic E-state index is 12.7. The van der Waals surface area contributed by atoms with E-state index in [1.54, 1.807) is 0 Å². The second-order valence-electron chi connectivity index (χ2n) is 5.86. The van der Waals surface area contributed by atoms with Gasteiger partial charge in [-0.2, -0.15) is 5.10 Å². The molecule has 1 fully saturated rings. The molecule has 3 rings (SSSR count). The van der Waals surface area contributed by atoms with Crippen LogP contribution in [0.5, 0.6) is 0 Å². The summed E-state index contributed by atoms with van der Waals surface area (Å²) in [5.74, 6) is 0.0717. The quantitative estimate of drug-likeness (QED) is 0.868. The first-order chi connectivity index (χ1) is 10.6. The van der Waals surface area contributed by atoms with E-state index in [0.29, 0.717) is 11.4 Å². The molecule has 7 heteroatoms. The number of carbonyl (C=O) groups excluding carboxylic acids is 1. The Morgan fingerprint density at radius 2 is 2.27 bits per heavy atom. The lowest BCUT2D eigenvalue weighted by Gasteiger charge is -2.17. The minimum Gasteiger partial charge on any atom is -0.336 e. The summed E-state index contributed by atoms with van der Waals surface area (Å²) in [6.45, 7) is 7.64. The highest BCUT2D eigenvalue weighted by Crippen LogP contribution is 2.26. The highest BCUT2D eigenvalue weighted by molar-refractivity contribution is 7.08. The summed E-state index contributed by atoms with van der Waals surface area (Å²) in [5, 5.41) is 8.65. The number of hydrogen-bond donors (Lipinski definition) is 0. The molecule has 1 aliphatic heterocycles. The van der Waals surface area contributed by atoms with Gasteiger partial charge in [-0.3, -0.25) is 9.48 Å². The molecule has 6 nitrogen and oxygen atoms in total. The molecule has 118 valence electrons. The molecule has 1 saturated heterocycles. The Kier molecular flexibility index (Phi) is 4.24. The molecule has 0 aromatic carbocycles. The molecule has 1 aliphatic rings. The smallest absolute Gasteiger partial charge is 0.267 e.